The number of benzene rings is 1. The first-order valence-corrected chi connectivity index (χ1v) is 7.81. The van der Waals surface area contributed by atoms with Gasteiger partial charge in [0, 0.05) is 10.8 Å². The lowest BCUT2D eigenvalue weighted by Crippen LogP contribution is -1.98. The Morgan fingerprint density at radius 2 is 2.05 bits per heavy atom. The van der Waals surface area contributed by atoms with Gasteiger partial charge in [0.2, 0.25) is 0 Å². The van der Waals surface area contributed by atoms with Crippen LogP contribution in [0.5, 0.6) is 0 Å². The Morgan fingerprint density at radius 3 is 2.77 bits per heavy atom. The molecule has 0 spiro atoms. The Kier molecular flexibility index (Phi) is 4.26. The summed E-state index contributed by atoms with van der Waals surface area (Å²) in [6.07, 6.45) is 3.23. The number of aromatic nitrogens is 4. The number of aliphatic carboxylic acids is 1. The summed E-state index contributed by atoms with van der Waals surface area (Å²) in [5.41, 5.74) is 1.52. The molecule has 0 unspecified atom stereocenters. The van der Waals surface area contributed by atoms with Crippen molar-refractivity contribution in [3.63, 3.8) is 0 Å². The average molecular weight is 335 g/mol. The van der Waals surface area contributed by atoms with E-state index in [9.17, 15) is 4.79 Å². The second-order valence-electron chi connectivity index (χ2n) is 4.44. The van der Waals surface area contributed by atoms with Crippen LogP contribution < -0.4 is 0 Å². The Labute approximate surface area is 135 Å². The molecule has 2 aromatic heterocycles. The first kappa shape index (κ1) is 14.8. The highest BCUT2D eigenvalue weighted by Crippen LogP contribution is 2.26. The number of fused-ring (bicyclic) bond motifs is 1. The number of thioether (sulfide) groups is 1. The minimum Gasteiger partial charge on any atom is -0.481 e. The number of carbonyl (C=O) groups is 1. The molecule has 0 aliphatic carbocycles. The Bertz CT molecular complexity index is 819. The lowest BCUT2D eigenvalue weighted by atomic mass is 10.3. The molecule has 112 valence electrons. The smallest absolute Gasteiger partial charge is 0.304 e. The molecule has 2 heterocycles. The maximum atomic E-state index is 10.6. The van der Waals surface area contributed by atoms with E-state index < -0.39 is 5.97 Å². The van der Waals surface area contributed by atoms with Crippen LogP contribution in [0.3, 0.4) is 0 Å². The number of carboxylic acid groups (broad SMARTS) is 1. The number of hydrogen-bond acceptors (Lipinski definition) is 5. The van der Waals surface area contributed by atoms with Gasteiger partial charge in [0.05, 0.1) is 23.7 Å². The van der Waals surface area contributed by atoms with Gasteiger partial charge in [-0.2, -0.15) is 5.10 Å². The fourth-order valence-corrected chi connectivity index (χ4v) is 2.96. The molecule has 22 heavy (non-hydrogen) atoms. The zero-order valence-corrected chi connectivity index (χ0v) is 12.9. The second kappa shape index (κ2) is 6.33. The summed E-state index contributed by atoms with van der Waals surface area (Å²) in [6, 6.07) is 7.28. The molecule has 0 radical (unpaired) electrons. The third-order valence-electron chi connectivity index (χ3n) is 2.96. The molecular weight excluding hydrogens is 324 g/mol. The van der Waals surface area contributed by atoms with Crippen molar-refractivity contribution in [1.82, 2.24) is 19.7 Å². The summed E-state index contributed by atoms with van der Waals surface area (Å²) < 4.78 is 1.70. The first-order chi connectivity index (χ1) is 10.6. The normalized spacial score (nSPS) is 11.0. The molecule has 0 atom stereocenters. The average Bonchev–Trinajstić information content (AvgIpc) is 2.92. The van der Waals surface area contributed by atoms with E-state index in [-0.39, 0.29) is 6.42 Å². The minimum atomic E-state index is -0.824. The van der Waals surface area contributed by atoms with Crippen molar-refractivity contribution in [1.29, 1.82) is 0 Å². The predicted molar refractivity (Wildman–Crippen MR) is 84.6 cm³/mol. The Hall–Kier alpha value is -2.12. The molecule has 8 heteroatoms. The van der Waals surface area contributed by atoms with Crippen molar-refractivity contribution in [3.8, 4) is 5.69 Å². The molecule has 0 saturated carbocycles. The number of carboxylic acids is 1. The van der Waals surface area contributed by atoms with Gasteiger partial charge in [0.25, 0.3) is 0 Å². The maximum absolute atomic E-state index is 10.6. The summed E-state index contributed by atoms with van der Waals surface area (Å²) in [6.45, 7) is 0. The minimum absolute atomic E-state index is 0.0848. The van der Waals surface area contributed by atoms with E-state index in [1.165, 1.54) is 18.1 Å². The molecule has 0 saturated heterocycles. The van der Waals surface area contributed by atoms with Crippen LogP contribution in [0.1, 0.15) is 6.42 Å². The lowest BCUT2D eigenvalue weighted by molar-refractivity contribution is -0.136. The van der Waals surface area contributed by atoms with Crippen molar-refractivity contribution < 1.29 is 9.90 Å². The zero-order valence-electron chi connectivity index (χ0n) is 11.3. The summed E-state index contributed by atoms with van der Waals surface area (Å²) in [5.74, 6) is -0.372. The van der Waals surface area contributed by atoms with Crippen LogP contribution in [0, 0.1) is 0 Å². The quantitative estimate of drug-likeness (QED) is 0.570. The second-order valence-corrected chi connectivity index (χ2v) is 5.96. The van der Waals surface area contributed by atoms with Crippen LogP contribution in [0.4, 0.5) is 0 Å². The van der Waals surface area contributed by atoms with E-state index >= 15 is 0 Å². The third kappa shape index (κ3) is 3.05. The molecule has 1 aromatic carbocycles. The van der Waals surface area contributed by atoms with E-state index in [0.29, 0.717) is 16.4 Å². The summed E-state index contributed by atoms with van der Waals surface area (Å²) in [5, 5.41) is 15.2. The Morgan fingerprint density at radius 1 is 1.27 bits per heavy atom. The predicted octanol–water partition coefficient (Wildman–Crippen LogP) is 3.04. The highest BCUT2D eigenvalue weighted by atomic mass is 35.5. The van der Waals surface area contributed by atoms with Gasteiger partial charge in [-0.05, 0) is 24.3 Å². The highest BCUT2D eigenvalue weighted by Gasteiger charge is 2.12. The van der Waals surface area contributed by atoms with Crippen LogP contribution >= 0.6 is 23.4 Å². The van der Waals surface area contributed by atoms with Crippen LogP contribution in [-0.4, -0.2) is 36.6 Å². The van der Waals surface area contributed by atoms with Crippen molar-refractivity contribution >= 4 is 40.4 Å². The van der Waals surface area contributed by atoms with E-state index in [0.717, 1.165) is 16.1 Å². The summed E-state index contributed by atoms with van der Waals surface area (Å²) >= 11 is 7.28. The molecule has 3 rings (SSSR count). The van der Waals surface area contributed by atoms with Crippen molar-refractivity contribution in [2.45, 2.75) is 11.4 Å². The number of nitrogens with zero attached hydrogens (tertiary/aromatic N) is 4. The van der Waals surface area contributed by atoms with Gasteiger partial charge in [-0.3, -0.25) is 4.79 Å². The third-order valence-corrected chi connectivity index (χ3v) is 4.21. The van der Waals surface area contributed by atoms with Gasteiger partial charge < -0.3 is 5.11 Å². The summed E-state index contributed by atoms with van der Waals surface area (Å²) in [4.78, 5) is 19.1. The fraction of sp³-hybridized carbons (Fsp3) is 0.143. The van der Waals surface area contributed by atoms with Gasteiger partial charge >= 0.3 is 5.97 Å². The van der Waals surface area contributed by atoms with Gasteiger partial charge in [-0.25, -0.2) is 14.6 Å². The molecule has 6 nitrogen and oxygen atoms in total. The van der Waals surface area contributed by atoms with E-state index in [1.807, 2.05) is 12.1 Å². The van der Waals surface area contributed by atoms with Crippen LogP contribution in [0.25, 0.3) is 16.7 Å². The van der Waals surface area contributed by atoms with Crippen molar-refractivity contribution in [3.05, 3.63) is 41.8 Å². The van der Waals surface area contributed by atoms with Gasteiger partial charge in [0.15, 0.2) is 5.65 Å². The van der Waals surface area contributed by atoms with Crippen molar-refractivity contribution in [2.75, 3.05) is 5.75 Å². The lowest BCUT2D eigenvalue weighted by Gasteiger charge is -2.04. The molecule has 0 aliphatic rings. The van der Waals surface area contributed by atoms with E-state index in [4.69, 9.17) is 16.7 Å². The van der Waals surface area contributed by atoms with Crippen LogP contribution in [-0.2, 0) is 4.79 Å². The molecule has 0 fully saturated rings. The monoisotopic (exact) mass is 334 g/mol. The molecular formula is C14H11ClN4O2S. The molecule has 0 bridgehead atoms. The fourth-order valence-electron chi connectivity index (χ4n) is 1.94. The van der Waals surface area contributed by atoms with Crippen molar-refractivity contribution in [2.24, 2.45) is 0 Å². The zero-order chi connectivity index (χ0) is 15.5. The van der Waals surface area contributed by atoms with Gasteiger partial charge in [-0.1, -0.05) is 11.6 Å². The largest absolute Gasteiger partial charge is 0.481 e. The van der Waals surface area contributed by atoms with Crippen LogP contribution in [0.2, 0.25) is 5.02 Å². The Balaban J connectivity index is 1.94. The number of halogens is 1. The SMILES string of the molecule is O=C(O)CCSc1ncnc2c1cnn2-c1ccc(Cl)cc1. The summed E-state index contributed by atoms with van der Waals surface area (Å²) in [7, 11) is 0. The molecule has 1 N–H and O–H groups in total. The maximum Gasteiger partial charge on any atom is 0.304 e. The standard InChI is InChI=1S/C14H11ClN4O2S/c15-9-1-3-10(4-2-9)19-13-11(7-18-19)14(17-8-16-13)22-6-5-12(20)21/h1-4,7-8H,5-6H2,(H,20,21). The molecule has 3 aromatic rings. The van der Waals surface area contributed by atoms with E-state index in [1.54, 1.807) is 23.0 Å². The highest BCUT2D eigenvalue weighted by molar-refractivity contribution is 7.99. The number of rotatable bonds is 5. The number of hydrogen-bond donors (Lipinski definition) is 1. The molecule has 0 aliphatic heterocycles. The topological polar surface area (TPSA) is 80.9 Å². The first-order valence-electron chi connectivity index (χ1n) is 6.44. The van der Waals surface area contributed by atoms with Crippen LogP contribution in [0.15, 0.2) is 41.8 Å². The molecule has 0 amide bonds. The van der Waals surface area contributed by atoms with E-state index in [2.05, 4.69) is 15.1 Å². The van der Waals surface area contributed by atoms with Gasteiger partial charge in [0.1, 0.15) is 11.4 Å². The van der Waals surface area contributed by atoms with Gasteiger partial charge in [-0.15, -0.1) is 11.8 Å².